The van der Waals surface area contributed by atoms with Crippen molar-refractivity contribution in [2.24, 2.45) is 5.92 Å². The first-order chi connectivity index (χ1) is 12.3. The third kappa shape index (κ3) is 3.53. The topological polar surface area (TPSA) is 68.5 Å². The maximum absolute atomic E-state index is 12.7. The molecule has 0 N–H and O–H groups in total. The molecule has 1 aliphatic heterocycles. The summed E-state index contributed by atoms with van der Waals surface area (Å²) in [6.45, 7) is 2.43. The summed E-state index contributed by atoms with van der Waals surface area (Å²) in [5.74, 6) is 0.195. The Kier molecular flexibility index (Phi) is 4.43. The molecular formula is C19H19N3O3. The van der Waals surface area contributed by atoms with E-state index in [2.05, 4.69) is 28.2 Å². The highest BCUT2D eigenvalue weighted by atomic mass is 16.5. The maximum Gasteiger partial charge on any atom is 0.257 e. The quantitative estimate of drug-likeness (QED) is 0.735. The van der Waals surface area contributed by atoms with Gasteiger partial charge in [-0.25, -0.2) is 9.97 Å². The summed E-state index contributed by atoms with van der Waals surface area (Å²) >= 11 is 0. The Bertz CT molecular complexity index is 862. The molecule has 1 aliphatic rings. The summed E-state index contributed by atoms with van der Waals surface area (Å²) in [6, 6.07) is 8.20. The fourth-order valence-corrected chi connectivity index (χ4v) is 3.24. The van der Waals surface area contributed by atoms with Crippen LogP contribution in [0.4, 0.5) is 0 Å². The molecule has 0 unspecified atom stereocenters. The van der Waals surface area contributed by atoms with Gasteiger partial charge in [0, 0.05) is 36.8 Å². The summed E-state index contributed by atoms with van der Waals surface area (Å²) < 4.78 is 11.2. The zero-order chi connectivity index (χ0) is 17.1. The van der Waals surface area contributed by atoms with Gasteiger partial charge < -0.3 is 14.1 Å². The Balaban J connectivity index is 1.48. The molecule has 1 atom stereocenters. The SMILES string of the molecule is O=C(c1cncnc1)N1CCOC[C@H](Cc2ccc3ccoc3c2)C1. The number of furan rings is 1. The highest BCUT2D eigenvalue weighted by Gasteiger charge is 2.24. The molecule has 0 aliphatic carbocycles. The van der Waals surface area contributed by atoms with Crippen LogP contribution in [-0.2, 0) is 11.2 Å². The molecule has 6 heteroatoms. The molecule has 0 bridgehead atoms. The van der Waals surface area contributed by atoms with Crippen LogP contribution >= 0.6 is 0 Å². The minimum atomic E-state index is -0.0439. The summed E-state index contributed by atoms with van der Waals surface area (Å²) in [5, 5.41) is 1.10. The number of carbonyl (C=O) groups excluding carboxylic acids is 1. The average Bonchev–Trinajstić information content (AvgIpc) is 2.99. The summed E-state index contributed by atoms with van der Waals surface area (Å²) in [7, 11) is 0. The third-order valence-electron chi connectivity index (χ3n) is 4.48. The number of hydrogen-bond donors (Lipinski definition) is 0. The second kappa shape index (κ2) is 7.03. The van der Waals surface area contributed by atoms with E-state index < -0.39 is 0 Å². The van der Waals surface area contributed by atoms with Gasteiger partial charge in [0.15, 0.2) is 0 Å². The van der Waals surface area contributed by atoms with Crippen LogP contribution < -0.4 is 0 Å². The molecule has 1 aromatic carbocycles. The summed E-state index contributed by atoms with van der Waals surface area (Å²) in [5.41, 5.74) is 2.59. The molecule has 1 fully saturated rings. The molecule has 6 nitrogen and oxygen atoms in total. The lowest BCUT2D eigenvalue weighted by Crippen LogP contribution is -2.36. The van der Waals surface area contributed by atoms with Crippen molar-refractivity contribution in [3.05, 3.63) is 60.4 Å². The first-order valence-electron chi connectivity index (χ1n) is 8.38. The number of benzene rings is 1. The Morgan fingerprint density at radius 3 is 3.00 bits per heavy atom. The number of carbonyl (C=O) groups is 1. The Hall–Kier alpha value is -2.73. The number of amides is 1. The molecule has 1 amide bonds. The largest absolute Gasteiger partial charge is 0.464 e. The van der Waals surface area contributed by atoms with Gasteiger partial charge in [-0.2, -0.15) is 0 Å². The van der Waals surface area contributed by atoms with Gasteiger partial charge in [0.1, 0.15) is 11.9 Å². The van der Waals surface area contributed by atoms with Crippen LogP contribution in [0.15, 0.2) is 53.7 Å². The van der Waals surface area contributed by atoms with Crippen LogP contribution in [0.3, 0.4) is 0 Å². The van der Waals surface area contributed by atoms with E-state index >= 15 is 0 Å². The van der Waals surface area contributed by atoms with Crippen molar-refractivity contribution in [2.75, 3.05) is 26.3 Å². The zero-order valence-electron chi connectivity index (χ0n) is 13.8. The predicted octanol–water partition coefficient (Wildman–Crippen LogP) is 2.55. The molecule has 25 heavy (non-hydrogen) atoms. The standard InChI is InChI=1S/C19H19N3O3/c23-19(17-9-20-13-21-10-17)22-4-6-24-12-15(11-22)7-14-1-2-16-3-5-25-18(16)8-14/h1-3,5,8-10,13,15H,4,6-7,11-12H2/t15-/m1/s1. The number of rotatable bonds is 3. The number of nitrogens with zero attached hydrogens (tertiary/aromatic N) is 3. The third-order valence-corrected chi connectivity index (χ3v) is 4.48. The number of aromatic nitrogens is 2. The maximum atomic E-state index is 12.7. The van der Waals surface area contributed by atoms with Crippen LogP contribution in [0.2, 0.25) is 0 Å². The van der Waals surface area contributed by atoms with Gasteiger partial charge in [0.05, 0.1) is 25.0 Å². The van der Waals surface area contributed by atoms with Crippen molar-refractivity contribution in [3.63, 3.8) is 0 Å². The minimum absolute atomic E-state index is 0.0439. The fourth-order valence-electron chi connectivity index (χ4n) is 3.24. The Morgan fingerprint density at radius 1 is 1.24 bits per heavy atom. The molecule has 128 valence electrons. The Morgan fingerprint density at radius 2 is 2.12 bits per heavy atom. The minimum Gasteiger partial charge on any atom is -0.464 e. The van der Waals surface area contributed by atoms with Crippen molar-refractivity contribution < 1.29 is 13.9 Å². The van der Waals surface area contributed by atoms with E-state index in [1.807, 2.05) is 11.0 Å². The second-order valence-corrected chi connectivity index (χ2v) is 6.32. The van der Waals surface area contributed by atoms with Crippen molar-refractivity contribution >= 4 is 16.9 Å². The number of hydrogen-bond acceptors (Lipinski definition) is 5. The lowest BCUT2D eigenvalue weighted by Gasteiger charge is -2.23. The van der Waals surface area contributed by atoms with Gasteiger partial charge in [0.2, 0.25) is 0 Å². The normalized spacial score (nSPS) is 18.2. The highest BCUT2D eigenvalue weighted by Crippen LogP contribution is 2.21. The molecule has 3 aromatic rings. The van der Waals surface area contributed by atoms with E-state index in [1.165, 1.54) is 11.9 Å². The molecule has 0 radical (unpaired) electrons. The van der Waals surface area contributed by atoms with Gasteiger partial charge in [-0.3, -0.25) is 4.79 Å². The number of ether oxygens (including phenoxy) is 1. The highest BCUT2D eigenvalue weighted by molar-refractivity contribution is 5.93. The van der Waals surface area contributed by atoms with Crippen LogP contribution in [0.25, 0.3) is 11.0 Å². The predicted molar refractivity (Wildman–Crippen MR) is 92.2 cm³/mol. The second-order valence-electron chi connectivity index (χ2n) is 6.32. The fraction of sp³-hybridized carbons (Fsp3) is 0.316. The van der Waals surface area contributed by atoms with Crippen molar-refractivity contribution in [2.45, 2.75) is 6.42 Å². The van der Waals surface area contributed by atoms with Gasteiger partial charge >= 0.3 is 0 Å². The molecule has 0 spiro atoms. The van der Waals surface area contributed by atoms with Crippen molar-refractivity contribution in [3.8, 4) is 0 Å². The van der Waals surface area contributed by atoms with E-state index in [9.17, 15) is 4.79 Å². The first kappa shape index (κ1) is 15.8. The van der Waals surface area contributed by atoms with E-state index in [4.69, 9.17) is 9.15 Å². The zero-order valence-corrected chi connectivity index (χ0v) is 13.8. The van der Waals surface area contributed by atoms with E-state index in [0.29, 0.717) is 31.9 Å². The van der Waals surface area contributed by atoms with Crippen LogP contribution in [0, 0.1) is 5.92 Å². The molecule has 1 saturated heterocycles. The molecule has 0 saturated carbocycles. The average molecular weight is 337 g/mol. The summed E-state index contributed by atoms with van der Waals surface area (Å²) in [4.78, 5) is 22.4. The van der Waals surface area contributed by atoms with Crippen LogP contribution in [-0.4, -0.2) is 47.1 Å². The van der Waals surface area contributed by atoms with Crippen LogP contribution in [0.1, 0.15) is 15.9 Å². The molecule has 4 rings (SSSR count). The monoisotopic (exact) mass is 337 g/mol. The lowest BCUT2D eigenvalue weighted by molar-refractivity contribution is 0.0736. The molecule has 2 aromatic heterocycles. The van der Waals surface area contributed by atoms with Crippen molar-refractivity contribution in [1.82, 2.24) is 14.9 Å². The smallest absolute Gasteiger partial charge is 0.257 e. The van der Waals surface area contributed by atoms with Gasteiger partial charge in [-0.05, 0) is 24.1 Å². The van der Waals surface area contributed by atoms with E-state index in [1.54, 1.807) is 18.7 Å². The number of fused-ring (bicyclic) bond motifs is 1. The summed E-state index contributed by atoms with van der Waals surface area (Å²) in [6.07, 6.45) is 7.08. The van der Waals surface area contributed by atoms with E-state index in [-0.39, 0.29) is 11.8 Å². The first-order valence-corrected chi connectivity index (χ1v) is 8.38. The Labute approximate surface area is 145 Å². The van der Waals surface area contributed by atoms with Gasteiger partial charge in [-0.1, -0.05) is 12.1 Å². The van der Waals surface area contributed by atoms with E-state index in [0.717, 1.165) is 17.4 Å². The lowest BCUT2D eigenvalue weighted by atomic mass is 9.98. The van der Waals surface area contributed by atoms with Crippen molar-refractivity contribution in [1.29, 1.82) is 0 Å². The van der Waals surface area contributed by atoms with Gasteiger partial charge in [0.25, 0.3) is 5.91 Å². The van der Waals surface area contributed by atoms with Crippen LogP contribution in [0.5, 0.6) is 0 Å². The van der Waals surface area contributed by atoms with Gasteiger partial charge in [-0.15, -0.1) is 0 Å². The molecule has 3 heterocycles. The molecular weight excluding hydrogens is 318 g/mol.